The summed E-state index contributed by atoms with van der Waals surface area (Å²) >= 11 is 10.6. The van der Waals surface area contributed by atoms with E-state index in [2.05, 4.69) is 15.9 Å². The van der Waals surface area contributed by atoms with E-state index in [1.165, 1.54) is 34.4 Å². The van der Waals surface area contributed by atoms with Gasteiger partial charge in [-0.25, -0.2) is 4.79 Å². The van der Waals surface area contributed by atoms with Gasteiger partial charge in [-0.3, -0.25) is 14.5 Å². The molecule has 31 heavy (non-hydrogen) atoms. The number of carbonyl (C=O) groups excluding carboxylic acids is 2. The van der Waals surface area contributed by atoms with Gasteiger partial charge in [0.05, 0.1) is 16.2 Å². The minimum absolute atomic E-state index is 0.00698. The van der Waals surface area contributed by atoms with E-state index in [9.17, 15) is 24.6 Å². The normalized spacial score (nSPS) is 17.9. The number of anilines is 1. The van der Waals surface area contributed by atoms with Crippen LogP contribution in [0.2, 0.25) is 5.02 Å². The fourth-order valence-electron chi connectivity index (χ4n) is 3.42. The molecule has 2 heterocycles. The minimum Gasteiger partial charge on any atom is -0.507 e. The molecule has 6 nitrogen and oxygen atoms in total. The van der Waals surface area contributed by atoms with Crippen LogP contribution in [0.15, 0.2) is 70.0 Å². The maximum absolute atomic E-state index is 13.1. The summed E-state index contributed by atoms with van der Waals surface area (Å²) in [6, 6.07) is 13.3. The molecule has 0 bridgehead atoms. The number of rotatable bonds is 4. The van der Waals surface area contributed by atoms with Crippen molar-refractivity contribution in [3.05, 3.63) is 91.0 Å². The van der Waals surface area contributed by atoms with E-state index >= 15 is 0 Å². The number of aliphatic hydroxyl groups excluding tert-OH is 1. The van der Waals surface area contributed by atoms with Crippen LogP contribution in [0.4, 0.5) is 5.69 Å². The van der Waals surface area contributed by atoms with Crippen LogP contribution in [0.3, 0.4) is 0 Å². The number of carboxylic acids is 1. The molecule has 1 aliphatic heterocycles. The first-order chi connectivity index (χ1) is 14.8. The molecule has 0 radical (unpaired) electrons. The van der Waals surface area contributed by atoms with Gasteiger partial charge in [0, 0.05) is 26.0 Å². The molecule has 1 fully saturated rings. The van der Waals surface area contributed by atoms with E-state index in [4.69, 9.17) is 11.6 Å². The van der Waals surface area contributed by atoms with Crippen LogP contribution in [0.25, 0.3) is 5.76 Å². The largest absolute Gasteiger partial charge is 0.507 e. The van der Waals surface area contributed by atoms with Crippen LogP contribution < -0.4 is 4.90 Å². The first-order valence-corrected chi connectivity index (χ1v) is 11.0. The summed E-state index contributed by atoms with van der Waals surface area (Å²) in [4.78, 5) is 39.4. The highest BCUT2D eigenvalue weighted by Gasteiger charge is 2.47. The van der Waals surface area contributed by atoms with Crippen molar-refractivity contribution in [1.29, 1.82) is 0 Å². The number of hydrogen-bond donors (Lipinski definition) is 2. The van der Waals surface area contributed by atoms with Gasteiger partial charge < -0.3 is 10.2 Å². The molecule has 0 spiro atoms. The number of aromatic carboxylic acids is 1. The molecule has 0 saturated carbocycles. The zero-order chi connectivity index (χ0) is 22.3. The second-order valence-electron chi connectivity index (χ2n) is 6.67. The number of carbonyl (C=O) groups is 3. The van der Waals surface area contributed by atoms with Crippen molar-refractivity contribution >= 4 is 68.0 Å². The Kier molecular flexibility index (Phi) is 5.70. The molecule has 1 aliphatic rings. The quantitative estimate of drug-likeness (QED) is 0.271. The highest BCUT2D eigenvalue weighted by molar-refractivity contribution is 9.10. The predicted octanol–water partition coefficient (Wildman–Crippen LogP) is 5.49. The van der Waals surface area contributed by atoms with Gasteiger partial charge in [0.15, 0.2) is 0 Å². The number of thiophene rings is 1. The monoisotopic (exact) mass is 517 g/mol. The Labute approximate surface area is 194 Å². The van der Waals surface area contributed by atoms with Crippen LogP contribution in [0.5, 0.6) is 0 Å². The topological polar surface area (TPSA) is 94.9 Å². The molecule has 9 heteroatoms. The minimum atomic E-state index is -1.26. The number of benzene rings is 2. The van der Waals surface area contributed by atoms with Gasteiger partial charge in [-0.15, -0.1) is 11.3 Å². The second kappa shape index (κ2) is 8.30. The average molecular weight is 519 g/mol. The number of aliphatic hydroxyl groups is 1. The number of halogens is 2. The molecule has 1 aromatic heterocycles. The Morgan fingerprint density at radius 1 is 1.06 bits per heavy atom. The van der Waals surface area contributed by atoms with Gasteiger partial charge in [-0.2, -0.15) is 0 Å². The van der Waals surface area contributed by atoms with Crippen molar-refractivity contribution in [2.45, 2.75) is 6.04 Å². The standard InChI is InChI=1S/C22H13BrClNO5S/c23-12-8-16(31-10-12)18-17(19(26)11-4-2-1-3-5-11)20(27)21(28)25(18)13-6-7-15(24)14(9-13)22(29)30/h1-10,18,26H,(H,29,30)/b19-17+/t18-/m0/s1. The highest BCUT2D eigenvalue weighted by Crippen LogP contribution is 2.45. The van der Waals surface area contributed by atoms with Crippen molar-refractivity contribution in [2.24, 2.45) is 0 Å². The lowest BCUT2D eigenvalue weighted by atomic mass is 9.99. The molecule has 2 aromatic carbocycles. The Morgan fingerprint density at radius 2 is 1.77 bits per heavy atom. The lowest BCUT2D eigenvalue weighted by Gasteiger charge is -2.24. The predicted molar refractivity (Wildman–Crippen MR) is 122 cm³/mol. The number of Topliss-reactive ketones (excluding diaryl/α,β-unsaturated/α-hetero) is 1. The molecule has 1 amide bonds. The number of nitrogens with zero attached hydrogens (tertiary/aromatic N) is 1. The number of amides is 1. The molecule has 0 aliphatic carbocycles. The van der Waals surface area contributed by atoms with Crippen LogP contribution >= 0.6 is 38.9 Å². The SMILES string of the molecule is O=C1C(=O)N(c2ccc(Cl)c(C(=O)O)c2)[C@@H](c2cc(Br)cs2)/C1=C(\O)c1ccccc1. The lowest BCUT2D eigenvalue weighted by molar-refractivity contribution is -0.132. The molecule has 2 N–H and O–H groups in total. The van der Waals surface area contributed by atoms with Crippen molar-refractivity contribution in [1.82, 2.24) is 0 Å². The van der Waals surface area contributed by atoms with Crippen LogP contribution in [0.1, 0.15) is 26.8 Å². The summed E-state index contributed by atoms with van der Waals surface area (Å²) in [6.45, 7) is 0. The van der Waals surface area contributed by atoms with E-state index in [-0.39, 0.29) is 27.6 Å². The van der Waals surface area contributed by atoms with Crippen molar-refractivity contribution in [3.8, 4) is 0 Å². The highest BCUT2D eigenvalue weighted by atomic mass is 79.9. The fraction of sp³-hybridized carbons (Fsp3) is 0.0455. The molecule has 4 rings (SSSR count). The van der Waals surface area contributed by atoms with Crippen LogP contribution in [-0.2, 0) is 9.59 Å². The number of hydrogen-bond acceptors (Lipinski definition) is 5. The third-order valence-electron chi connectivity index (χ3n) is 4.81. The van der Waals surface area contributed by atoms with Gasteiger partial charge in [0.25, 0.3) is 11.7 Å². The third-order valence-corrected chi connectivity index (χ3v) is 6.88. The van der Waals surface area contributed by atoms with Crippen molar-refractivity contribution < 1.29 is 24.6 Å². The van der Waals surface area contributed by atoms with Gasteiger partial charge >= 0.3 is 5.97 Å². The Balaban J connectivity index is 1.95. The summed E-state index contributed by atoms with van der Waals surface area (Å²) in [5.74, 6) is -3.29. The average Bonchev–Trinajstić information content (AvgIpc) is 3.29. The van der Waals surface area contributed by atoms with Crippen molar-refractivity contribution in [2.75, 3.05) is 4.90 Å². The third kappa shape index (κ3) is 3.78. The Bertz CT molecular complexity index is 1250. The molecule has 1 saturated heterocycles. The lowest BCUT2D eigenvalue weighted by Crippen LogP contribution is -2.29. The molecule has 156 valence electrons. The smallest absolute Gasteiger partial charge is 0.337 e. The molecule has 3 aromatic rings. The van der Waals surface area contributed by atoms with Crippen LogP contribution in [0, 0.1) is 0 Å². The maximum atomic E-state index is 13.1. The van der Waals surface area contributed by atoms with Gasteiger partial charge in [-0.1, -0.05) is 41.9 Å². The van der Waals surface area contributed by atoms with Crippen LogP contribution in [-0.4, -0.2) is 27.9 Å². The first-order valence-electron chi connectivity index (χ1n) is 8.92. The number of carboxylic acid groups (broad SMARTS) is 1. The van der Waals surface area contributed by atoms with E-state index in [1.807, 2.05) is 0 Å². The molecular weight excluding hydrogens is 506 g/mol. The fourth-order valence-corrected chi connectivity index (χ4v) is 5.16. The van der Waals surface area contributed by atoms with Gasteiger partial charge in [0.2, 0.25) is 0 Å². The summed E-state index contributed by atoms with van der Waals surface area (Å²) in [5.41, 5.74) is 0.307. The summed E-state index contributed by atoms with van der Waals surface area (Å²) in [5, 5.41) is 22.2. The van der Waals surface area contributed by atoms with E-state index in [0.29, 0.717) is 10.4 Å². The van der Waals surface area contributed by atoms with E-state index in [1.54, 1.807) is 41.8 Å². The first kappa shape index (κ1) is 21.3. The van der Waals surface area contributed by atoms with E-state index in [0.717, 1.165) is 4.47 Å². The van der Waals surface area contributed by atoms with E-state index < -0.39 is 23.7 Å². The number of ketones is 1. The summed E-state index contributed by atoms with van der Waals surface area (Å²) in [6.07, 6.45) is 0. The van der Waals surface area contributed by atoms with Crippen molar-refractivity contribution in [3.63, 3.8) is 0 Å². The van der Waals surface area contributed by atoms with Gasteiger partial charge in [0.1, 0.15) is 11.8 Å². The zero-order valence-corrected chi connectivity index (χ0v) is 18.7. The van der Waals surface area contributed by atoms with Gasteiger partial charge in [-0.05, 0) is 40.2 Å². The molecular formula is C22H13BrClNO5S. The molecule has 0 unspecified atom stereocenters. The summed E-state index contributed by atoms with van der Waals surface area (Å²) < 4.78 is 0.750. The maximum Gasteiger partial charge on any atom is 0.337 e. The zero-order valence-electron chi connectivity index (χ0n) is 15.6. The Morgan fingerprint density at radius 3 is 2.39 bits per heavy atom. The molecule has 1 atom stereocenters. The Hall–Kier alpha value is -2.94. The second-order valence-corrected chi connectivity index (χ2v) is 8.94. The summed E-state index contributed by atoms with van der Waals surface area (Å²) in [7, 11) is 0.